The van der Waals surface area contributed by atoms with Crippen molar-refractivity contribution < 1.29 is 17.9 Å². The van der Waals surface area contributed by atoms with E-state index in [9.17, 15) is 13.2 Å². The Morgan fingerprint density at radius 1 is 1.32 bits per heavy atom. The van der Waals surface area contributed by atoms with Gasteiger partial charge in [-0.15, -0.1) is 0 Å². The second-order valence-corrected chi connectivity index (χ2v) is 5.39. The minimum atomic E-state index is -2.93. The van der Waals surface area contributed by atoms with Crippen molar-refractivity contribution in [3.8, 4) is 11.7 Å². The first kappa shape index (κ1) is 19.0. The second-order valence-electron chi connectivity index (χ2n) is 5.39. The van der Waals surface area contributed by atoms with Crippen molar-refractivity contribution in [3.63, 3.8) is 0 Å². The van der Waals surface area contributed by atoms with Gasteiger partial charge in [0.25, 0.3) is 6.43 Å². The molecule has 3 rings (SSSR count). The standard InChI is InChI=1S/C17H14F3N7O/c18-15-3-2-11(6-14(15)16(19)20)22-7-12(26-21)10-28-17-23-8-13(9-24-17)27-5-1-4-25-27/h1-9,16,21-22H,10H2/b12-7-,26-21?. The highest BCUT2D eigenvalue weighted by atomic mass is 19.3. The van der Waals surface area contributed by atoms with Crippen LogP contribution in [0.2, 0.25) is 0 Å². The molecular formula is C17H14F3N7O. The van der Waals surface area contributed by atoms with Crippen LogP contribution < -0.4 is 10.1 Å². The highest BCUT2D eigenvalue weighted by Gasteiger charge is 2.13. The van der Waals surface area contributed by atoms with Crippen molar-refractivity contribution >= 4 is 5.69 Å². The number of halogens is 3. The van der Waals surface area contributed by atoms with Gasteiger partial charge in [-0.05, 0) is 24.3 Å². The van der Waals surface area contributed by atoms with Gasteiger partial charge in [-0.25, -0.2) is 33.4 Å². The Morgan fingerprint density at radius 3 is 2.75 bits per heavy atom. The molecule has 3 aromatic rings. The number of hydrogen-bond acceptors (Lipinski definition) is 7. The summed E-state index contributed by atoms with van der Waals surface area (Å²) in [6.07, 6.45) is 4.73. The lowest BCUT2D eigenvalue weighted by Gasteiger charge is -2.08. The van der Waals surface area contributed by atoms with Gasteiger partial charge in [0.05, 0.1) is 18.0 Å². The predicted molar refractivity (Wildman–Crippen MR) is 92.9 cm³/mol. The molecule has 2 aromatic heterocycles. The number of rotatable bonds is 8. The molecule has 0 amide bonds. The molecule has 0 bridgehead atoms. The molecule has 0 saturated carbocycles. The number of benzene rings is 1. The van der Waals surface area contributed by atoms with Crippen molar-refractivity contribution in [2.75, 3.05) is 11.9 Å². The zero-order valence-corrected chi connectivity index (χ0v) is 14.3. The zero-order chi connectivity index (χ0) is 19.9. The average Bonchev–Trinajstić information content (AvgIpc) is 3.24. The molecule has 0 unspecified atom stereocenters. The maximum atomic E-state index is 13.3. The van der Waals surface area contributed by atoms with E-state index in [1.54, 1.807) is 23.1 Å². The normalized spacial score (nSPS) is 11.5. The average molecular weight is 389 g/mol. The van der Waals surface area contributed by atoms with Crippen LogP contribution >= 0.6 is 0 Å². The Labute approximate surface area is 157 Å². The molecule has 0 aliphatic rings. The van der Waals surface area contributed by atoms with Crippen LogP contribution in [-0.2, 0) is 0 Å². The molecule has 0 aliphatic carbocycles. The lowest BCUT2D eigenvalue weighted by molar-refractivity contribution is 0.146. The van der Waals surface area contributed by atoms with Crippen molar-refractivity contribution in [1.82, 2.24) is 19.7 Å². The number of ether oxygens (including phenoxy) is 1. The third-order valence-corrected chi connectivity index (χ3v) is 3.51. The topological polar surface area (TPSA) is 101 Å². The minimum Gasteiger partial charge on any atom is -0.457 e. The summed E-state index contributed by atoms with van der Waals surface area (Å²) in [5, 5.41) is 10.0. The van der Waals surface area contributed by atoms with Crippen LogP contribution in [0.25, 0.3) is 5.69 Å². The number of nitrogens with one attached hydrogen (secondary N) is 2. The Morgan fingerprint density at radius 2 is 2.11 bits per heavy atom. The largest absolute Gasteiger partial charge is 0.457 e. The Balaban J connectivity index is 1.61. The summed E-state index contributed by atoms with van der Waals surface area (Å²) in [6, 6.07) is 5.02. The molecular weight excluding hydrogens is 375 g/mol. The maximum absolute atomic E-state index is 13.3. The maximum Gasteiger partial charge on any atom is 0.316 e. The molecule has 0 saturated heterocycles. The van der Waals surface area contributed by atoms with Crippen LogP contribution in [0.3, 0.4) is 0 Å². The fourth-order valence-corrected chi connectivity index (χ4v) is 2.14. The van der Waals surface area contributed by atoms with Crippen molar-refractivity contribution in [1.29, 1.82) is 5.53 Å². The van der Waals surface area contributed by atoms with E-state index in [-0.39, 0.29) is 24.0 Å². The van der Waals surface area contributed by atoms with Gasteiger partial charge < -0.3 is 10.1 Å². The fourth-order valence-electron chi connectivity index (χ4n) is 2.14. The van der Waals surface area contributed by atoms with Gasteiger partial charge in [0.2, 0.25) is 0 Å². The number of hydrogen-bond donors (Lipinski definition) is 2. The number of aromatic nitrogens is 4. The van der Waals surface area contributed by atoms with Crippen LogP contribution in [0.15, 0.2) is 66.1 Å². The number of nitrogens with zero attached hydrogens (tertiary/aromatic N) is 5. The molecule has 2 heterocycles. The molecule has 0 spiro atoms. The molecule has 8 nitrogen and oxygen atoms in total. The summed E-state index contributed by atoms with van der Waals surface area (Å²) in [5.41, 5.74) is 7.46. The summed E-state index contributed by atoms with van der Waals surface area (Å²) in [5.74, 6) is -0.992. The van der Waals surface area contributed by atoms with Crippen LogP contribution in [0.1, 0.15) is 12.0 Å². The molecule has 28 heavy (non-hydrogen) atoms. The molecule has 0 atom stereocenters. The molecule has 144 valence electrons. The van der Waals surface area contributed by atoms with Gasteiger partial charge in [0, 0.05) is 24.3 Å². The molecule has 0 fully saturated rings. The van der Waals surface area contributed by atoms with Crippen LogP contribution in [0.4, 0.5) is 18.9 Å². The van der Waals surface area contributed by atoms with E-state index >= 15 is 0 Å². The van der Waals surface area contributed by atoms with Gasteiger partial charge in [-0.2, -0.15) is 10.2 Å². The van der Waals surface area contributed by atoms with E-state index in [0.29, 0.717) is 5.69 Å². The lowest BCUT2D eigenvalue weighted by atomic mass is 10.2. The SMILES string of the molecule is N=N/C(=C\Nc1ccc(F)c(C(F)F)c1)COc1ncc(-n2cccn2)cn1. The minimum absolute atomic E-state index is 0.0622. The summed E-state index contributed by atoms with van der Waals surface area (Å²) in [7, 11) is 0. The third kappa shape index (κ3) is 4.69. The smallest absolute Gasteiger partial charge is 0.316 e. The van der Waals surface area contributed by atoms with Gasteiger partial charge in [-0.1, -0.05) is 0 Å². The Hall–Kier alpha value is -3.76. The first-order valence-corrected chi connectivity index (χ1v) is 7.92. The Kier molecular flexibility index (Phi) is 5.94. The number of anilines is 1. The molecule has 2 N–H and O–H groups in total. The van der Waals surface area contributed by atoms with Crippen molar-refractivity contribution in [2.45, 2.75) is 6.43 Å². The zero-order valence-electron chi connectivity index (χ0n) is 14.3. The van der Waals surface area contributed by atoms with Crippen molar-refractivity contribution in [2.24, 2.45) is 5.11 Å². The van der Waals surface area contributed by atoms with Crippen molar-refractivity contribution in [3.05, 3.63) is 72.3 Å². The monoisotopic (exact) mass is 389 g/mol. The van der Waals surface area contributed by atoms with E-state index in [1.807, 2.05) is 0 Å². The van der Waals surface area contributed by atoms with E-state index in [2.05, 4.69) is 25.5 Å². The van der Waals surface area contributed by atoms with E-state index in [1.165, 1.54) is 24.7 Å². The third-order valence-electron chi connectivity index (χ3n) is 3.51. The highest BCUT2D eigenvalue weighted by molar-refractivity contribution is 5.49. The van der Waals surface area contributed by atoms with E-state index < -0.39 is 17.8 Å². The molecule has 1 aromatic carbocycles. The number of alkyl halides is 2. The molecule has 0 radical (unpaired) electrons. The van der Waals surface area contributed by atoms with Crippen LogP contribution in [0, 0.1) is 11.3 Å². The van der Waals surface area contributed by atoms with Gasteiger partial charge >= 0.3 is 6.01 Å². The summed E-state index contributed by atoms with van der Waals surface area (Å²) in [4.78, 5) is 8.06. The first-order valence-electron chi connectivity index (χ1n) is 7.92. The van der Waals surface area contributed by atoms with Gasteiger partial charge in [0.15, 0.2) is 0 Å². The van der Waals surface area contributed by atoms with Crippen LogP contribution in [-0.4, -0.2) is 26.4 Å². The summed E-state index contributed by atoms with van der Waals surface area (Å²) >= 11 is 0. The van der Waals surface area contributed by atoms with E-state index in [0.717, 1.165) is 12.1 Å². The summed E-state index contributed by atoms with van der Waals surface area (Å²) < 4.78 is 45.7. The molecule has 0 aliphatic heterocycles. The predicted octanol–water partition coefficient (Wildman–Crippen LogP) is 4.10. The summed E-state index contributed by atoms with van der Waals surface area (Å²) in [6.45, 7) is -0.138. The van der Waals surface area contributed by atoms with Gasteiger partial charge in [0.1, 0.15) is 23.8 Å². The first-order chi connectivity index (χ1) is 13.6. The quantitative estimate of drug-likeness (QED) is 0.565. The van der Waals surface area contributed by atoms with Gasteiger partial charge in [-0.3, -0.25) is 0 Å². The van der Waals surface area contributed by atoms with E-state index in [4.69, 9.17) is 10.3 Å². The highest BCUT2D eigenvalue weighted by Crippen LogP contribution is 2.25. The molecule has 11 heteroatoms. The fraction of sp³-hybridized carbons (Fsp3) is 0.118. The Bertz CT molecular complexity index is 959. The van der Waals surface area contributed by atoms with Crippen LogP contribution in [0.5, 0.6) is 6.01 Å². The second kappa shape index (κ2) is 8.75. The lowest BCUT2D eigenvalue weighted by Crippen LogP contribution is -2.05.